The van der Waals surface area contributed by atoms with Gasteiger partial charge in [0.1, 0.15) is 11.1 Å². The predicted molar refractivity (Wildman–Crippen MR) is 79.9 cm³/mol. The highest BCUT2D eigenvalue weighted by molar-refractivity contribution is 6.22. The highest BCUT2D eigenvalue weighted by atomic mass is 16.5. The van der Waals surface area contributed by atoms with E-state index in [9.17, 15) is 14.4 Å². The fourth-order valence-corrected chi connectivity index (χ4v) is 2.19. The van der Waals surface area contributed by atoms with Gasteiger partial charge in [0.15, 0.2) is 0 Å². The van der Waals surface area contributed by atoms with E-state index in [4.69, 9.17) is 4.74 Å². The van der Waals surface area contributed by atoms with E-state index in [0.29, 0.717) is 11.4 Å². The molecule has 0 aromatic carbocycles. The molecule has 0 saturated carbocycles. The molecule has 0 N–H and O–H groups in total. The van der Waals surface area contributed by atoms with Crippen molar-refractivity contribution in [2.24, 2.45) is 14.1 Å². The Morgan fingerprint density at radius 3 is 1.95 bits per heavy atom. The molecule has 0 aliphatic carbocycles. The zero-order valence-corrected chi connectivity index (χ0v) is 13.2. The second kappa shape index (κ2) is 5.55. The Hall–Kier alpha value is -2.77. The van der Waals surface area contributed by atoms with Crippen molar-refractivity contribution in [2.75, 3.05) is 21.2 Å². The Labute approximate surface area is 127 Å². The van der Waals surface area contributed by atoms with E-state index >= 15 is 0 Å². The SMILES string of the molecule is COc1c(/C=C/C=C2C(=O)N(C)N(C)C2=O)c(=O)n(C)n1C. The maximum atomic E-state index is 12.1. The van der Waals surface area contributed by atoms with Crippen LogP contribution in [0.5, 0.6) is 5.88 Å². The zero-order valence-electron chi connectivity index (χ0n) is 13.2. The summed E-state index contributed by atoms with van der Waals surface area (Å²) in [5.41, 5.74) is 0.171. The van der Waals surface area contributed by atoms with Crippen molar-refractivity contribution in [3.63, 3.8) is 0 Å². The third-order valence-electron chi connectivity index (χ3n) is 3.72. The lowest BCUT2D eigenvalue weighted by Gasteiger charge is -2.16. The molecule has 0 bridgehead atoms. The van der Waals surface area contributed by atoms with Gasteiger partial charge >= 0.3 is 0 Å². The number of allylic oxidation sites excluding steroid dienone is 2. The van der Waals surface area contributed by atoms with E-state index in [1.165, 1.54) is 54.1 Å². The van der Waals surface area contributed by atoms with Crippen LogP contribution in [0.1, 0.15) is 5.56 Å². The van der Waals surface area contributed by atoms with Gasteiger partial charge in [-0.05, 0) is 12.2 Å². The lowest BCUT2D eigenvalue weighted by Crippen LogP contribution is -2.33. The van der Waals surface area contributed by atoms with Crippen LogP contribution < -0.4 is 10.3 Å². The third kappa shape index (κ3) is 2.22. The summed E-state index contributed by atoms with van der Waals surface area (Å²) in [5.74, 6) is -0.365. The van der Waals surface area contributed by atoms with Crippen LogP contribution in [-0.2, 0) is 23.7 Å². The van der Waals surface area contributed by atoms with Gasteiger partial charge in [-0.15, -0.1) is 0 Å². The Kier molecular flexibility index (Phi) is 3.94. The van der Waals surface area contributed by atoms with Crippen molar-refractivity contribution in [3.05, 3.63) is 33.6 Å². The third-order valence-corrected chi connectivity index (χ3v) is 3.72. The average Bonchev–Trinajstić information content (AvgIpc) is 2.82. The Balaban J connectivity index is 2.37. The molecule has 1 aliphatic rings. The number of aromatic nitrogens is 2. The normalized spacial score (nSPS) is 15.4. The average molecular weight is 306 g/mol. The highest BCUT2D eigenvalue weighted by Gasteiger charge is 2.35. The summed E-state index contributed by atoms with van der Waals surface area (Å²) in [7, 11) is 7.82. The highest BCUT2D eigenvalue weighted by Crippen LogP contribution is 2.18. The molecule has 0 unspecified atom stereocenters. The number of hydrogen-bond acceptors (Lipinski definition) is 4. The number of hydrogen-bond donors (Lipinski definition) is 0. The van der Waals surface area contributed by atoms with Crippen molar-refractivity contribution >= 4 is 17.9 Å². The number of amides is 2. The summed E-state index contributed by atoms with van der Waals surface area (Å²) in [6.07, 6.45) is 4.42. The first kappa shape index (κ1) is 15.6. The molecule has 1 saturated heterocycles. The topological polar surface area (TPSA) is 76.8 Å². The van der Waals surface area contributed by atoms with Gasteiger partial charge in [-0.3, -0.25) is 33.8 Å². The van der Waals surface area contributed by atoms with Gasteiger partial charge in [-0.2, -0.15) is 0 Å². The summed E-state index contributed by atoms with van der Waals surface area (Å²) in [4.78, 5) is 35.8. The van der Waals surface area contributed by atoms with Crippen LogP contribution in [0.25, 0.3) is 6.08 Å². The summed E-state index contributed by atoms with van der Waals surface area (Å²) in [5, 5.41) is 2.45. The number of ether oxygens (including phenoxy) is 1. The molecule has 1 aromatic heterocycles. The standard InChI is InChI=1S/C14H18N4O4/c1-15-11(19)9(12(20)16(15)2)7-6-8-10-13(21)17(3)18(4)14(10)22-5/h6-8H,1-5H3/b8-6+. The molecule has 2 rings (SSSR count). The van der Waals surface area contributed by atoms with Crippen molar-refractivity contribution in [2.45, 2.75) is 0 Å². The minimum atomic E-state index is -0.384. The van der Waals surface area contributed by atoms with E-state index < -0.39 is 0 Å². The van der Waals surface area contributed by atoms with E-state index in [1.807, 2.05) is 0 Å². The van der Waals surface area contributed by atoms with Crippen LogP contribution in [0.15, 0.2) is 22.5 Å². The van der Waals surface area contributed by atoms with E-state index in [1.54, 1.807) is 18.8 Å². The van der Waals surface area contributed by atoms with Crippen LogP contribution in [0.2, 0.25) is 0 Å². The smallest absolute Gasteiger partial charge is 0.277 e. The molecule has 22 heavy (non-hydrogen) atoms. The first-order valence-corrected chi connectivity index (χ1v) is 6.55. The summed E-state index contributed by atoms with van der Waals surface area (Å²) in [6.45, 7) is 0. The zero-order chi connectivity index (χ0) is 16.6. The molecule has 0 radical (unpaired) electrons. The van der Waals surface area contributed by atoms with Crippen molar-refractivity contribution in [1.29, 1.82) is 0 Å². The van der Waals surface area contributed by atoms with Gasteiger partial charge in [0.05, 0.1) is 7.11 Å². The predicted octanol–water partition coefficient (Wildman–Crippen LogP) is -0.483. The maximum Gasteiger partial charge on any atom is 0.277 e. The van der Waals surface area contributed by atoms with Crippen LogP contribution in [0, 0.1) is 0 Å². The van der Waals surface area contributed by atoms with Crippen molar-refractivity contribution < 1.29 is 14.3 Å². The molecule has 8 nitrogen and oxygen atoms in total. The number of carbonyl (C=O) groups excluding carboxylic acids is 2. The van der Waals surface area contributed by atoms with Gasteiger partial charge in [-0.25, -0.2) is 0 Å². The lowest BCUT2D eigenvalue weighted by molar-refractivity contribution is -0.141. The second-order valence-electron chi connectivity index (χ2n) is 4.87. The number of carbonyl (C=O) groups is 2. The molecule has 0 spiro atoms. The van der Waals surface area contributed by atoms with Gasteiger partial charge in [0.25, 0.3) is 17.4 Å². The summed E-state index contributed by atoms with van der Waals surface area (Å²) >= 11 is 0. The molecule has 2 heterocycles. The molecule has 1 aliphatic heterocycles. The minimum absolute atomic E-state index is 0.0490. The fourth-order valence-electron chi connectivity index (χ4n) is 2.19. The first-order chi connectivity index (χ1) is 10.3. The van der Waals surface area contributed by atoms with Crippen molar-refractivity contribution in [3.8, 4) is 5.88 Å². The first-order valence-electron chi connectivity index (χ1n) is 6.55. The van der Waals surface area contributed by atoms with Crippen molar-refractivity contribution in [1.82, 2.24) is 19.4 Å². The van der Waals surface area contributed by atoms with Gasteiger partial charge in [0, 0.05) is 28.2 Å². The molecule has 8 heteroatoms. The second-order valence-corrected chi connectivity index (χ2v) is 4.87. The summed E-state index contributed by atoms with van der Waals surface area (Å²) in [6, 6.07) is 0. The molecular weight excluding hydrogens is 288 g/mol. The van der Waals surface area contributed by atoms with Gasteiger partial charge < -0.3 is 4.74 Å². The van der Waals surface area contributed by atoms with Crippen LogP contribution in [0.3, 0.4) is 0 Å². The van der Waals surface area contributed by atoms with E-state index in [-0.39, 0.29) is 22.9 Å². The number of rotatable bonds is 3. The van der Waals surface area contributed by atoms with Gasteiger partial charge in [0.2, 0.25) is 5.88 Å². The number of methoxy groups -OCH3 is 1. The largest absolute Gasteiger partial charge is 0.481 e. The number of nitrogens with zero attached hydrogens (tertiary/aromatic N) is 4. The fraction of sp³-hybridized carbons (Fsp3) is 0.357. The van der Waals surface area contributed by atoms with E-state index in [2.05, 4.69) is 0 Å². The quantitative estimate of drug-likeness (QED) is 0.558. The molecule has 2 amide bonds. The molecular formula is C14H18N4O4. The minimum Gasteiger partial charge on any atom is -0.481 e. The van der Waals surface area contributed by atoms with Gasteiger partial charge in [-0.1, -0.05) is 6.08 Å². The number of hydrazine groups is 1. The van der Waals surface area contributed by atoms with Crippen LogP contribution >= 0.6 is 0 Å². The molecule has 1 aromatic rings. The lowest BCUT2D eigenvalue weighted by atomic mass is 10.2. The maximum absolute atomic E-state index is 12.1. The Bertz CT molecular complexity index is 732. The Morgan fingerprint density at radius 1 is 0.909 bits per heavy atom. The number of likely N-dealkylation sites (N-methyl/N-ethyl adjacent to an activating group) is 2. The monoisotopic (exact) mass is 306 g/mol. The molecule has 1 fully saturated rings. The molecule has 0 atom stereocenters. The van der Waals surface area contributed by atoms with Crippen LogP contribution in [0.4, 0.5) is 0 Å². The Morgan fingerprint density at radius 2 is 1.45 bits per heavy atom. The molecule has 118 valence electrons. The summed E-state index contributed by atoms with van der Waals surface area (Å²) < 4.78 is 8.17. The van der Waals surface area contributed by atoms with Crippen LogP contribution in [-0.4, -0.2) is 52.4 Å². The van der Waals surface area contributed by atoms with E-state index in [0.717, 1.165) is 0 Å².